The number of hydrogen-bond acceptors (Lipinski definition) is 4. The highest BCUT2D eigenvalue weighted by atomic mass is 16.2. The van der Waals surface area contributed by atoms with Crippen molar-refractivity contribution in [3.8, 4) is 0 Å². The molecule has 23 heavy (non-hydrogen) atoms. The van der Waals surface area contributed by atoms with Crippen LogP contribution in [0, 0.1) is 5.92 Å². The van der Waals surface area contributed by atoms with Gasteiger partial charge in [-0.15, -0.1) is 0 Å². The summed E-state index contributed by atoms with van der Waals surface area (Å²) >= 11 is 0. The lowest BCUT2D eigenvalue weighted by Crippen LogP contribution is -2.50. The molecule has 1 aliphatic heterocycles. The third-order valence-electron chi connectivity index (χ3n) is 4.46. The van der Waals surface area contributed by atoms with Gasteiger partial charge in [-0.3, -0.25) is 9.59 Å². The highest BCUT2D eigenvalue weighted by molar-refractivity contribution is 5.94. The molecule has 6 heteroatoms. The van der Waals surface area contributed by atoms with Crippen LogP contribution in [0.2, 0.25) is 0 Å². The second-order valence-corrected chi connectivity index (χ2v) is 6.67. The summed E-state index contributed by atoms with van der Waals surface area (Å²) in [7, 11) is 3.82. The fraction of sp³-hybridized carbons (Fsp3) is 0.588. The van der Waals surface area contributed by atoms with E-state index in [0.717, 1.165) is 38.0 Å². The van der Waals surface area contributed by atoms with Crippen molar-refractivity contribution >= 4 is 17.6 Å². The summed E-state index contributed by atoms with van der Waals surface area (Å²) in [5.41, 5.74) is 0.557. The second kappa shape index (κ2) is 6.56. The first-order chi connectivity index (χ1) is 11.0. The van der Waals surface area contributed by atoms with Crippen LogP contribution >= 0.6 is 0 Å². The molecule has 2 aliphatic rings. The van der Waals surface area contributed by atoms with Gasteiger partial charge in [0.25, 0.3) is 5.91 Å². The molecule has 1 N–H and O–H groups in total. The van der Waals surface area contributed by atoms with E-state index in [2.05, 4.69) is 10.3 Å². The maximum absolute atomic E-state index is 12.3. The predicted octanol–water partition coefficient (Wildman–Crippen LogP) is 1.28. The molecule has 0 radical (unpaired) electrons. The SMILES string of the molecule is CN(C)c1ccc(C(=O)N[C@@H]2CCCN(C(=O)C3CC3)C2)cn1. The molecular formula is C17H24N4O2. The molecule has 0 unspecified atom stereocenters. The van der Waals surface area contributed by atoms with Crippen molar-refractivity contribution in [2.45, 2.75) is 31.7 Å². The van der Waals surface area contributed by atoms with Crippen LogP contribution in [0.15, 0.2) is 18.3 Å². The third-order valence-corrected chi connectivity index (χ3v) is 4.46. The Balaban J connectivity index is 1.57. The molecule has 1 aromatic heterocycles. The van der Waals surface area contributed by atoms with Crippen molar-refractivity contribution in [1.82, 2.24) is 15.2 Å². The van der Waals surface area contributed by atoms with E-state index >= 15 is 0 Å². The van der Waals surface area contributed by atoms with Gasteiger partial charge in [-0.1, -0.05) is 0 Å². The fourth-order valence-corrected chi connectivity index (χ4v) is 2.94. The summed E-state index contributed by atoms with van der Waals surface area (Å²) in [6.45, 7) is 1.45. The van der Waals surface area contributed by atoms with Gasteiger partial charge in [0.15, 0.2) is 0 Å². The van der Waals surface area contributed by atoms with Crippen LogP contribution in [-0.2, 0) is 4.79 Å². The summed E-state index contributed by atoms with van der Waals surface area (Å²) < 4.78 is 0. The van der Waals surface area contributed by atoms with Crippen molar-refractivity contribution in [1.29, 1.82) is 0 Å². The van der Waals surface area contributed by atoms with Gasteiger partial charge >= 0.3 is 0 Å². The lowest BCUT2D eigenvalue weighted by atomic mass is 10.0. The van der Waals surface area contributed by atoms with Gasteiger partial charge in [-0.25, -0.2) is 4.98 Å². The second-order valence-electron chi connectivity index (χ2n) is 6.67. The van der Waals surface area contributed by atoms with Crippen LogP contribution in [-0.4, -0.2) is 54.9 Å². The zero-order chi connectivity index (χ0) is 16.4. The first kappa shape index (κ1) is 15.8. The number of carbonyl (C=O) groups is 2. The summed E-state index contributed by atoms with van der Waals surface area (Å²) in [6.07, 6.45) is 5.51. The molecular weight excluding hydrogens is 292 g/mol. The van der Waals surface area contributed by atoms with E-state index in [0.29, 0.717) is 12.1 Å². The van der Waals surface area contributed by atoms with E-state index in [9.17, 15) is 9.59 Å². The number of likely N-dealkylation sites (tertiary alicyclic amines) is 1. The Hall–Kier alpha value is -2.11. The largest absolute Gasteiger partial charge is 0.363 e. The van der Waals surface area contributed by atoms with Crippen LogP contribution in [0.1, 0.15) is 36.0 Å². The van der Waals surface area contributed by atoms with Gasteiger partial charge in [-0.2, -0.15) is 0 Å². The molecule has 2 fully saturated rings. The number of amides is 2. The van der Waals surface area contributed by atoms with Crippen LogP contribution in [0.5, 0.6) is 0 Å². The number of piperidine rings is 1. The summed E-state index contributed by atoms with van der Waals surface area (Å²) in [5.74, 6) is 1.21. The molecule has 6 nitrogen and oxygen atoms in total. The topological polar surface area (TPSA) is 65.5 Å². The van der Waals surface area contributed by atoms with Gasteiger partial charge in [0.1, 0.15) is 5.82 Å². The molecule has 0 aromatic carbocycles. The smallest absolute Gasteiger partial charge is 0.253 e. The number of nitrogens with zero attached hydrogens (tertiary/aromatic N) is 3. The average Bonchev–Trinajstić information content (AvgIpc) is 3.39. The van der Waals surface area contributed by atoms with Crippen LogP contribution in [0.25, 0.3) is 0 Å². The lowest BCUT2D eigenvalue weighted by molar-refractivity contribution is -0.133. The fourth-order valence-electron chi connectivity index (χ4n) is 2.94. The molecule has 1 saturated heterocycles. The molecule has 1 aromatic rings. The minimum absolute atomic E-state index is 0.0347. The van der Waals surface area contributed by atoms with Crippen LogP contribution in [0.3, 0.4) is 0 Å². The standard InChI is InChI=1S/C17H24N4O2/c1-20(2)15-8-7-13(10-18-15)16(22)19-14-4-3-9-21(11-14)17(23)12-5-6-12/h7-8,10,12,14H,3-6,9,11H2,1-2H3,(H,19,22)/t14-/m1/s1. The Kier molecular flexibility index (Phi) is 4.50. The minimum Gasteiger partial charge on any atom is -0.363 e. The van der Waals surface area contributed by atoms with Crippen LogP contribution < -0.4 is 10.2 Å². The Bertz CT molecular complexity index is 581. The third kappa shape index (κ3) is 3.81. The van der Waals surface area contributed by atoms with Gasteiger partial charge in [-0.05, 0) is 37.8 Å². The van der Waals surface area contributed by atoms with E-state index in [4.69, 9.17) is 0 Å². The van der Waals surface area contributed by atoms with Crippen LogP contribution in [0.4, 0.5) is 5.82 Å². The predicted molar refractivity (Wildman–Crippen MR) is 88.4 cm³/mol. The number of carbonyl (C=O) groups excluding carboxylic acids is 2. The molecule has 0 bridgehead atoms. The number of anilines is 1. The summed E-state index contributed by atoms with van der Waals surface area (Å²) in [5, 5.41) is 3.04. The van der Waals surface area contributed by atoms with E-state index in [1.54, 1.807) is 12.3 Å². The Labute approximate surface area is 136 Å². The van der Waals surface area contributed by atoms with Crippen molar-refractivity contribution in [2.75, 3.05) is 32.1 Å². The van der Waals surface area contributed by atoms with Crippen molar-refractivity contribution in [3.63, 3.8) is 0 Å². The molecule has 124 valence electrons. The molecule has 2 heterocycles. The molecule has 0 spiro atoms. The van der Waals surface area contributed by atoms with Crippen molar-refractivity contribution < 1.29 is 9.59 Å². The molecule has 3 rings (SSSR count). The van der Waals surface area contributed by atoms with E-state index in [1.807, 2.05) is 30.0 Å². The Morgan fingerprint density at radius 1 is 1.26 bits per heavy atom. The highest BCUT2D eigenvalue weighted by Crippen LogP contribution is 2.31. The molecule has 2 amide bonds. The van der Waals surface area contributed by atoms with Gasteiger partial charge in [0.05, 0.1) is 5.56 Å². The Morgan fingerprint density at radius 2 is 2.04 bits per heavy atom. The first-order valence-corrected chi connectivity index (χ1v) is 8.27. The average molecular weight is 316 g/mol. The number of hydrogen-bond donors (Lipinski definition) is 1. The number of pyridine rings is 1. The van der Waals surface area contributed by atoms with E-state index in [1.165, 1.54) is 0 Å². The zero-order valence-electron chi connectivity index (χ0n) is 13.8. The molecule has 1 atom stereocenters. The lowest BCUT2D eigenvalue weighted by Gasteiger charge is -2.33. The normalized spacial score (nSPS) is 21.0. The summed E-state index contributed by atoms with van der Waals surface area (Å²) in [4.78, 5) is 32.6. The van der Waals surface area contributed by atoms with Crippen molar-refractivity contribution in [2.24, 2.45) is 5.92 Å². The molecule has 1 aliphatic carbocycles. The highest BCUT2D eigenvalue weighted by Gasteiger charge is 2.35. The monoisotopic (exact) mass is 316 g/mol. The minimum atomic E-state index is -0.117. The van der Waals surface area contributed by atoms with Gasteiger partial charge in [0.2, 0.25) is 5.91 Å². The Morgan fingerprint density at radius 3 is 2.65 bits per heavy atom. The van der Waals surface area contributed by atoms with Crippen molar-refractivity contribution in [3.05, 3.63) is 23.9 Å². The quantitative estimate of drug-likeness (QED) is 0.909. The van der Waals surface area contributed by atoms with Gasteiger partial charge in [0, 0.05) is 45.3 Å². The van der Waals surface area contributed by atoms with Gasteiger partial charge < -0.3 is 15.1 Å². The first-order valence-electron chi connectivity index (χ1n) is 8.27. The molecule has 1 saturated carbocycles. The maximum Gasteiger partial charge on any atom is 0.253 e. The maximum atomic E-state index is 12.3. The van der Waals surface area contributed by atoms with E-state index < -0.39 is 0 Å². The summed E-state index contributed by atoms with van der Waals surface area (Å²) in [6, 6.07) is 3.65. The number of rotatable bonds is 4. The zero-order valence-corrected chi connectivity index (χ0v) is 13.8. The van der Waals surface area contributed by atoms with E-state index in [-0.39, 0.29) is 23.8 Å². The number of nitrogens with one attached hydrogen (secondary N) is 1. The number of aromatic nitrogens is 1.